The summed E-state index contributed by atoms with van der Waals surface area (Å²) < 4.78 is 6.50. The molecule has 1 atom stereocenters. The summed E-state index contributed by atoms with van der Waals surface area (Å²) in [6.07, 6.45) is 3.09. The Labute approximate surface area is 116 Å². The summed E-state index contributed by atoms with van der Waals surface area (Å²) in [4.78, 5) is 15.6. The standard InChI is InChI=1S/C13H17N5O2/c1-20-7-12(14)13(19)16-6-10-3-2-4-11(5-10)18-9-15-8-17-18/h2-5,8-9,12H,6-7,14H2,1H3,(H,16,19). The molecule has 106 valence electrons. The van der Waals surface area contributed by atoms with E-state index in [1.807, 2.05) is 24.3 Å². The summed E-state index contributed by atoms with van der Waals surface area (Å²) in [7, 11) is 1.51. The molecule has 0 spiro atoms. The van der Waals surface area contributed by atoms with Crippen molar-refractivity contribution in [2.24, 2.45) is 5.73 Å². The maximum atomic E-state index is 11.7. The second-order valence-electron chi connectivity index (χ2n) is 4.29. The highest BCUT2D eigenvalue weighted by molar-refractivity contribution is 5.81. The van der Waals surface area contributed by atoms with Gasteiger partial charge < -0.3 is 15.8 Å². The van der Waals surface area contributed by atoms with E-state index in [1.54, 1.807) is 11.0 Å². The number of ether oxygens (including phenoxy) is 1. The van der Waals surface area contributed by atoms with Crippen molar-refractivity contribution in [1.29, 1.82) is 0 Å². The van der Waals surface area contributed by atoms with Crippen molar-refractivity contribution in [2.75, 3.05) is 13.7 Å². The molecule has 0 saturated carbocycles. The van der Waals surface area contributed by atoms with Gasteiger partial charge in [0.15, 0.2) is 0 Å². The Morgan fingerprint density at radius 3 is 3.10 bits per heavy atom. The second-order valence-corrected chi connectivity index (χ2v) is 4.29. The van der Waals surface area contributed by atoms with Crippen LogP contribution in [0.4, 0.5) is 0 Å². The van der Waals surface area contributed by atoms with Gasteiger partial charge in [-0.25, -0.2) is 9.67 Å². The highest BCUT2D eigenvalue weighted by atomic mass is 16.5. The molecule has 7 heteroatoms. The first-order valence-corrected chi connectivity index (χ1v) is 6.17. The summed E-state index contributed by atoms with van der Waals surface area (Å²) in [6.45, 7) is 0.601. The molecule has 0 aliphatic rings. The van der Waals surface area contributed by atoms with E-state index in [4.69, 9.17) is 10.5 Å². The summed E-state index contributed by atoms with van der Waals surface area (Å²) in [6, 6.07) is 7.00. The Morgan fingerprint density at radius 2 is 2.40 bits per heavy atom. The number of aromatic nitrogens is 3. The number of benzene rings is 1. The molecule has 1 unspecified atom stereocenters. The Kier molecular flexibility index (Phi) is 4.80. The van der Waals surface area contributed by atoms with Crippen LogP contribution in [0, 0.1) is 0 Å². The fourth-order valence-corrected chi connectivity index (χ4v) is 1.73. The lowest BCUT2D eigenvalue weighted by Gasteiger charge is -2.11. The fraction of sp³-hybridized carbons (Fsp3) is 0.308. The normalized spacial score (nSPS) is 12.1. The van der Waals surface area contributed by atoms with Crippen LogP contribution < -0.4 is 11.1 Å². The third-order valence-corrected chi connectivity index (χ3v) is 2.74. The van der Waals surface area contributed by atoms with E-state index in [2.05, 4.69) is 15.4 Å². The SMILES string of the molecule is COCC(N)C(=O)NCc1cccc(-n2cncn2)c1. The van der Waals surface area contributed by atoms with Gasteiger partial charge >= 0.3 is 0 Å². The molecule has 0 saturated heterocycles. The Balaban J connectivity index is 1.97. The average molecular weight is 275 g/mol. The van der Waals surface area contributed by atoms with Crippen molar-refractivity contribution in [2.45, 2.75) is 12.6 Å². The van der Waals surface area contributed by atoms with E-state index in [0.717, 1.165) is 11.3 Å². The van der Waals surface area contributed by atoms with Gasteiger partial charge in [0.2, 0.25) is 5.91 Å². The molecule has 0 fully saturated rings. The maximum absolute atomic E-state index is 11.7. The summed E-state index contributed by atoms with van der Waals surface area (Å²) in [5.74, 6) is -0.238. The van der Waals surface area contributed by atoms with Crippen LogP contribution in [0.3, 0.4) is 0 Å². The van der Waals surface area contributed by atoms with Gasteiger partial charge in [-0.3, -0.25) is 4.79 Å². The topological polar surface area (TPSA) is 95.1 Å². The number of methoxy groups -OCH3 is 1. The number of nitrogens with one attached hydrogen (secondary N) is 1. The Hall–Kier alpha value is -2.25. The molecular formula is C13H17N5O2. The molecule has 0 bridgehead atoms. The Morgan fingerprint density at radius 1 is 1.55 bits per heavy atom. The van der Waals surface area contributed by atoms with E-state index in [0.29, 0.717) is 6.54 Å². The molecule has 2 aromatic rings. The summed E-state index contributed by atoms with van der Waals surface area (Å²) in [5, 5.41) is 6.82. The summed E-state index contributed by atoms with van der Waals surface area (Å²) >= 11 is 0. The molecular weight excluding hydrogens is 258 g/mol. The monoisotopic (exact) mass is 275 g/mol. The van der Waals surface area contributed by atoms with Crippen LogP contribution in [0.2, 0.25) is 0 Å². The zero-order chi connectivity index (χ0) is 14.4. The lowest BCUT2D eigenvalue weighted by Crippen LogP contribution is -2.43. The van der Waals surface area contributed by atoms with Crippen LogP contribution in [0.1, 0.15) is 5.56 Å². The fourth-order valence-electron chi connectivity index (χ4n) is 1.73. The molecule has 1 aromatic carbocycles. The molecule has 3 N–H and O–H groups in total. The third-order valence-electron chi connectivity index (χ3n) is 2.74. The lowest BCUT2D eigenvalue weighted by molar-refractivity contribution is -0.123. The minimum absolute atomic E-state index is 0.199. The predicted molar refractivity (Wildman–Crippen MR) is 73.1 cm³/mol. The van der Waals surface area contributed by atoms with E-state index >= 15 is 0 Å². The van der Waals surface area contributed by atoms with Gasteiger partial charge in [-0.05, 0) is 17.7 Å². The van der Waals surface area contributed by atoms with Gasteiger partial charge in [0, 0.05) is 13.7 Å². The molecule has 20 heavy (non-hydrogen) atoms. The second kappa shape index (κ2) is 6.78. The summed E-state index contributed by atoms with van der Waals surface area (Å²) in [5.41, 5.74) is 7.48. The highest BCUT2D eigenvalue weighted by Crippen LogP contribution is 2.08. The first kappa shape index (κ1) is 14.2. The average Bonchev–Trinajstić information content (AvgIpc) is 2.99. The number of hydrogen-bond acceptors (Lipinski definition) is 5. The molecule has 0 aliphatic carbocycles. The molecule has 2 rings (SSSR count). The predicted octanol–water partition coefficient (Wildman–Crippen LogP) is -0.143. The van der Waals surface area contributed by atoms with Crippen LogP contribution >= 0.6 is 0 Å². The van der Waals surface area contributed by atoms with Crippen molar-refractivity contribution in [1.82, 2.24) is 20.1 Å². The molecule has 0 aliphatic heterocycles. The van der Waals surface area contributed by atoms with Crippen molar-refractivity contribution < 1.29 is 9.53 Å². The smallest absolute Gasteiger partial charge is 0.239 e. The maximum Gasteiger partial charge on any atom is 0.239 e. The van der Waals surface area contributed by atoms with Gasteiger partial charge in [-0.15, -0.1) is 0 Å². The molecule has 0 radical (unpaired) electrons. The third kappa shape index (κ3) is 3.62. The zero-order valence-electron chi connectivity index (χ0n) is 11.2. The lowest BCUT2D eigenvalue weighted by atomic mass is 10.2. The van der Waals surface area contributed by atoms with Gasteiger partial charge in [-0.2, -0.15) is 5.10 Å². The molecule has 1 amide bonds. The van der Waals surface area contributed by atoms with Crippen molar-refractivity contribution in [3.63, 3.8) is 0 Å². The van der Waals surface area contributed by atoms with Crippen LogP contribution in [-0.2, 0) is 16.1 Å². The van der Waals surface area contributed by atoms with Crippen molar-refractivity contribution in [3.8, 4) is 5.69 Å². The minimum Gasteiger partial charge on any atom is -0.383 e. The number of amides is 1. The number of carbonyl (C=O) groups excluding carboxylic acids is 1. The van der Waals surface area contributed by atoms with E-state index in [1.165, 1.54) is 13.4 Å². The van der Waals surface area contributed by atoms with Crippen molar-refractivity contribution >= 4 is 5.91 Å². The molecule has 7 nitrogen and oxygen atoms in total. The number of hydrogen-bond donors (Lipinski definition) is 2. The van der Waals surface area contributed by atoms with Crippen LogP contribution in [-0.4, -0.2) is 40.4 Å². The first-order valence-electron chi connectivity index (χ1n) is 6.17. The van der Waals surface area contributed by atoms with E-state index < -0.39 is 6.04 Å². The number of nitrogens with two attached hydrogens (primary N) is 1. The molecule has 1 heterocycles. The van der Waals surface area contributed by atoms with Gasteiger partial charge in [0.05, 0.1) is 12.3 Å². The van der Waals surface area contributed by atoms with Gasteiger partial charge in [0.25, 0.3) is 0 Å². The van der Waals surface area contributed by atoms with Gasteiger partial charge in [0.1, 0.15) is 18.7 Å². The number of rotatable bonds is 6. The largest absolute Gasteiger partial charge is 0.383 e. The van der Waals surface area contributed by atoms with E-state index in [-0.39, 0.29) is 12.5 Å². The molecule has 1 aromatic heterocycles. The van der Waals surface area contributed by atoms with Crippen LogP contribution in [0.25, 0.3) is 5.69 Å². The van der Waals surface area contributed by atoms with Gasteiger partial charge in [-0.1, -0.05) is 12.1 Å². The van der Waals surface area contributed by atoms with Crippen LogP contribution in [0.15, 0.2) is 36.9 Å². The zero-order valence-corrected chi connectivity index (χ0v) is 11.2. The quantitative estimate of drug-likeness (QED) is 0.765. The number of nitrogens with zero attached hydrogens (tertiary/aromatic N) is 3. The Bertz CT molecular complexity index is 556. The van der Waals surface area contributed by atoms with Crippen LogP contribution in [0.5, 0.6) is 0 Å². The highest BCUT2D eigenvalue weighted by Gasteiger charge is 2.12. The number of carbonyl (C=O) groups is 1. The first-order chi connectivity index (χ1) is 9.70. The van der Waals surface area contributed by atoms with E-state index in [9.17, 15) is 4.79 Å². The van der Waals surface area contributed by atoms with Crippen molar-refractivity contribution in [3.05, 3.63) is 42.5 Å². The minimum atomic E-state index is -0.654.